The highest BCUT2D eigenvalue weighted by Crippen LogP contribution is 2.26. The lowest BCUT2D eigenvalue weighted by Crippen LogP contribution is -2.33. The molecule has 0 radical (unpaired) electrons. The maximum atomic E-state index is 12.0. The van der Waals surface area contributed by atoms with Crippen LogP contribution in [0.1, 0.15) is 5.56 Å². The number of rotatable bonds is 6. The molecule has 2 aromatic carbocycles. The molecule has 3 rings (SSSR count). The summed E-state index contributed by atoms with van der Waals surface area (Å²) >= 11 is 4.77. The van der Waals surface area contributed by atoms with E-state index in [4.69, 9.17) is 0 Å². The summed E-state index contributed by atoms with van der Waals surface area (Å²) < 4.78 is 0.967. The normalized spacial score (nSPS) is 10.3. The standard InChI is InChI=1S/C19H16BrN3O2S/c20-15-8-4-7-14(10-15)16-12-26-19(22-16)23-18(25)11-21-17(24)9-13-5-2-1-3-6-13/h1-8,10,12H,9,11H2,(H,21,24)(H,22,23,25). The van der Waals surface area contributed by atoms with E-state index in [1.54, 1.807) is 0 Å². The average Bonchev–Trinajstić information content (AvgIpc) is 3.09. The van der Waals surface area contributed by atoms with Gasteiger partial charge < -0.3 is 10.6 Å². The van der Waals surface area contributed by atoms with Gasteiger partial charge in [0.1, 0.15) is 0 Å². The molecule has 2 N–H and O–H groups in total. The van der Waals surface area contributed by atoms with Crippen molar-refractivity contribution in [1.29, 1.82) is 0 Å². The number of hydrogen-bond acceptors (Lipinski definition) is 4. The van der Waals surface area contributed by atoms with Gasteiger partial charge in [0.05, 0.1) is 18.7 Å². The first-order valence-electron chi connectivity index (χ1n) is 7.92. The minimum atomic E-state index is -0.304. The van der Waals surface area contributed by atoms with E-state index in [0.29, 0.717) is 5.13 Å². The highest BCUT2D eigenvalue weighted by atomic mass is 79.9. The van der Waals surface area contributed by atoms with Crippen LogP contribution in [0.2, 0.25) is 0 Å². The number of amides is 2. The number of anilines is 1. The molecule has 0 aliphatic carbocycles. The number of aromatic nitrogens is 1. The minimum Gasteiger partial charge on any atom is -0.347 e. The van der Waals surface area contributed by atoms with Crippen LogP contribution in [0, 0.1) is 0 Å². The fourth-order valence-corrected chi connectivity index (χ4v) is 3.43. The lowest BCUT2D eigenvalue weighted by atomic mass is 10.1. The second kappa shape index (κ2) is 8.73. The van der Waals surface area contributed by atoms with Crippen LogP contribution in [0.5, 0.6) is 0 Å². The molecule has 3 aromatic rings. The minimum absolute atomic E-state index is 0.0858. The van der Waals surface area contributed by atoms with Crippen LogP contribution in [0.15, 0.2) is 64.5 Å². The Bertz CT molecular complexity index is 912. The van der Waals surface area contributed by atoms with Crippen molar-refractivity contribution in [3.63, 3.8) is 0 Å². The van der Waals surface area contributed by atoms with Crippen molar-refractivity contribution < 1.29 is 9.59 Å². The molecule has 1 heterocycles. The number of benzene rings is 2. The summed E-state index contributed by atoms with van der Waals surface area (Å²) in [7, 11) is 0. The molecule has 0 fully saturated rings. The second-order valence-electron chi connectivity index (χ2n) is 5.54. The smallest absolute Gasteiger partial charge is 0.245 e. The first kappa shape index (κ1) is 18.3. The van der Waals surface area contributed by atoms with Crippen LogP contribution in [-0.2, 0) is 16.0 Å². The van der Waals surface area contributed by atoms with E-state index < -0.39 is 0 Å². The van der Waals surface area contributed by atoms with Crippen LogP contribution in [-0.4, -0.2) is 23.3 Å². The van der Waals surface area contributed by atoms with Crippen LogP contribution >= 0.6 is 27.3 Å². The Morgan fingerprint density at radius 2 is 1.85 bits per heavy atom. The summed E-state index contributed by atoms with van der Waals surface area (Å²) in [6, 6.07) is 17.2. The molecule has 0 saturated heterocycles. The van der Waals surface area contributed by atoms with Crippen LogP contribution in [0.4, 0.5) is 5.13 Å². The van der Waals surface area contributed by atoms with Crippen molar-refractivity contribution in [2.45, 2.75) is 6.42 Å². The van der Waals surface area contributed by atoms with E-state index in [1.807, 2.05) is 60.0 Å². The van der Waals surface area contributed by atoms with E-state index in [0.717, 1.165) is 21.3 Å². The fourth-order valence-electron chi connectivity index (χ4n) is 2.30. The fraction of sp³-hybridized carbons (Fsp3) is 0.105. The van der Waals surface area contributed by atoms with Gasteiger partial charge >= 0.3 is 0 Å². The molecular formula is C19H16BrN3O2S. The maximum absolute atomic E-state index is 12.0. The molecule has 0 bridgehead atoms. The highest BCUT2D eigenvalue weighted by molar-refractivity contribution is 9.10. The lowest BCUT2D eigenvalue weighted by Gasteiger charge is -2.05. The third-order valence-electron chi connectivity index (χ3n) is 3.52. The number of halogens is 1. The first-order chi connectivity index (χ1) is 12.6. The van der Waals surface area contributed by atoms with Gasteiger partial charge in [-0.3, -0.25) is 9.59 Å². The highest BCUT2D eigenvalue weighted by Gasteiger charge is 2.10. The molecule has 26 heavy (non-hydrogen) atoms. The molecule has 132 valence electrons. The maximum Gasteiger partial charge on any atom is 0.245 e. The number of hydrogen-bond donors (Lipinski definition) is 2. The molecule has 0 unspecified atom stereocenters. The molecule has 1 aromatic heterocycles. The Hall–Kier alpha value is -2.51. The Labute approximate surface area is 163 Å². The third kappa shape index (κ3) is 5.24. The Morgan fingerprint density at radius 1 is 1.04 bits per heavy atom. The summed E-state index contributed by atoms with van der Waals surface area (Å²) in [5, 5.41) is 7.71. The zero-order chi connectivity index (χ0) is 18.4. The predicted octanol–water partition coefficient (Wildman–Crippen LogP) is 3.87. The molecule has 7 heteroatoms. The van der Waals surface area contributed by atoms with Gasteiger partial charge in [0.25, 0.3) is 0 Å². The monoisotopic (exact) mass is 429 g/mol. The number of nitrogens with zero attached hydrogens (tertiary/aromatic N) is 1. The van der Waals surface area contributed by atoms with Gasteiger partial charge in [-0.2, -0.15) is 0 Å². The van der Waals surface area contributed by atoms with Gasteiger partial charge in [0.2, 0.25) is 11.8 Å². The second-order valence-corrected chi connectivity index (χ2v) is 7.31. The average molecular weight is 430 g/mol. The molecule has 0 atom stereocenters. The van der Waals surface area contributed by atoms with Crippen molar-refractivity contribution >= 4 is 44.2 Å². The summed E-state index contributed by atoms with van der Waals surface area (Å²) in [5.41, 5.74) is 2.66. The molecule has 2 amide bonds. The van der Waals surface area contributed by atoms with Gasteiger partial charge in [0.15, 0.2) is 5.13 Å². The van der Waals surface area contributed by atoms with Crippen molar-refractivity contribution in [2.24, 2.45) is 0 Å². The van der Waals surface area contributed by atoms with E-state index in [-0.39, 0.29) is 24.8 Å². The largest absolute Gasteiger partial charge is 0.347 e. The molecule has 5 nitrogen and oxygen atoms in total. The summed E-state index contributed by atoms with van der Waals surface area (Å²) in [6.07, 6.45) is 0.248. The van der Waals surface area contributed by atoms with Crippen molar-refractivity contribution in [2.75, 3.05) is 11.9 Å². The van der Waals surface area contributed by atoms with Gasteiger partial charge in [-0.15, -0.1) is 11.3 Å². The number of nitrogens with one attached hydrogen (secondary N) is 2. The summed E-state index contributed by atoms with van der Waals surface area (Å²) in [5.74, 6) is -0.498. The molecule has 0 aliphatic heterocycles. The summed E-state index contributed by atoms with van der Waals surface area (Å²) in [4.78, 5) is 28.3. The zero-order valence-electron chi connectivity index (χ0n) is 13.7. The van der Waals surface area contributed by atoms with E-state index in [2.05, 4.69) is 31.5 Å². The Kier molecular flexibility index (Phi) is 6.14. The molecule has 0 saturated carbocycles. The summed E-state index contributed by atoms with van der Waals surface area (Å²) in [6.45, 7) is -0.0858. The van der Waals surface area contributed by atoms with E-state index in [9.17, 15) is 9.59 Å². The molecule has 0 aliphatic rings. The zero-order valence-corrected chi connectivity index (χ0v) is 16.1. The lowest BCUT2D eigenvalue weighted by molar-refractivity contribution is -0.123. The van der Waals surface area contributed by atoms with E-state index >= 15 is 0 Å². The van der Waals surface area contributed by atoms with Crippen LogP contribution in [0.3, 0.4) is 0 Å². The Morgan fingerprint density at radius 3 is 2.62 bits per heavy atom. The number of thiazole rings is 1. The topological polar surface area (TPSA) is 71.1 Å². The van der Waals surface area contributed by atoms with Crippen molar-refractivity contribution in [3.8, 4) is 11.3 Å². The van der Waals surface area contributed by atoms with E-state index in [1.165, 1.54) is 11.3 Å². The predicted molar refractivity (Wildman–Crippen MR) is 107 cm³/mol. The Balaban J connectivity index is 1.50. The van der Waals surface area contributed by atoms with Crippen molar-refractivity contribution in [3.05, 3.63) is 70.0 Å². The van der Waals surface area contributed by atoms with Gasteiger partial charge in [-0.05, 0) is 17.7 Å². The molecular weight excluding hydrogens is 414 g/mol. The van der Waals surface area contributed by atoms with Gasteiger partial charge in [-0.25, -0.2) is 4.98 Å². The third-order valence-corrected chi connectivity index (χ3v) is 4.78. The first-order valence-corrected chi connectivity index (χ1v) is 9.59. The number of carbonyl (C=O) groups excluding carboxylic acids is 2. The van der Waals surface area contributed by atoms with Gasteiger partial charge in [-0.1, -0.05) is 58.4 Å². The van der Waals surface area contributed by atoms with Crippen molar-refractivity contribution in [1.82, 2.24) is 10.3 Å². The quantitative estimate of drug-likeness (QED) is 0.624. The number of carbonyl (C=O) groups is 2. The SMILES string of the molecule is O=C(Cc1ccccc1)NCC(=O)Nc1nc(-c2cccc(Br)c2)cs1. The van der Waals surface area contributed by atoms with Crippen LogP contribution < -0.4 is 10.6 Å². The van der Waals surface area contributed by atoms with Gasteiger partial charge in [0, 0.05) is 15.4 Å². The van der Waals surface area contributed by atoms with Crippen LogP contribution in [0.25, 0.3) is 11.3 Å². The molecule has 0 spiro atoms.